The molecule has 0 spiro atoms. The summed E-state index contributed by atoms with van der Waals surface area (Å²) in [4.78, 5) is 0. The summed E-state index contributed by atoms with van der Waals surface area (Å²) >= 11 is 19.5. The largest absolute Gasteiger partial charge is 0.448 e. The zero-order chi connectivity index (χ0) is 15.0. The van der Waals surface area contributed by atoms with E-state index < -0.39 is 12.6 Å². The minimum atomic E-state index is -0.705. The molecule has 0 fully saturated rings. The lowest BCUT2D eigenvalue weighted by molar-refractivity contribution is -0.0979. The number of thiocarbonyl (C=S) groups is 4. The zero-order valence-electron chi connectivity index (χ0n) is 11.1. The molecule has 0 amide bonds. The van der Waals surface area contributed by atoms with Gasteiger partial charge in [0, 0.05) is 27.7 Å². The second-order valence-electron chi connectivity index (χ2n) is 3.53. The van der Waals surface area contributed by atoms with Gasteiger partial charge in [0.05, 0.1) is 6.42 Å². The summed E-state index contributed by atoms with van der Waals surface area (Å²) in [5.74, 6) is 0. The Hall–Kier alpha value is -0.440. The summed E-state index contributed by atoms with van der Waals surface area (Å²) in [5, 5.41) is 1.33. The maximum atomic E-state index is 5.33. The van der Waals surface area contributed by atoms with Crippen molar-refractivity contribution in [1.29, 1.82) is 0 Å². The smallest absolute Gasteiger partial charge is 0.249 e. The molecular weight excluding hydrogens is 324 g/mol. The van der Waals surface area contributed by atoms with Crippen LogP contribution in [0.2, 0.25) is 0 Å². The number of hydrogen-bond donors (Lipinski definition) is 0. The first-order valence-electron chi connectivity index (χ1n) is 5.39. The zero-order valence-corrected chi connectivity index (χ0v) is 14.4. The average molecular weight is 341 g/mol. The quantitative estimate of drug-likeness (QED) is 0.537. The highest BCUT2D eigenvalue weighted by molar-refractivity contribution is 7.80. The molecule has 0 saturated heterocycles. The molecule has 0 N–H and O–H groups in total. The van der Waals surface area contributed by atoms with Crippen molar-refractivity contribution in [3.8, 4) is 0 Å². The maximum absolute atomic E-state index is 5.33. The molecule has 0 aliphatic heterocycles. The van der Waals surface area contributed by atoms with Gasteiger partial charge in [-0.05, 0) is 48.9 Å². The third kappa shape index (κ3) is 11.1. The predicted molar refractivity (Wildman–Crippen MR) is 89.6 cm³/mol. The van der Waals surface area contributed by atoms with E-state index in [0.29, 0.717) is 20.2 Å². The van der Waals surface area contributed by atoms with Gasteiger partial charge in [-0.1, -0.05) is 0 Å². The van der Waals surface area contributed by atoms with E-state index in [2.05, 4.69) is 0 Å². The van der Waals surface area contributed by atoms with Crippen LogP contribution in [0.4, 0.5) is 0 Å². The van der Waals surface area contributed by atoms with Gasteiger partial charge in [-0.2, -0.15) is 0 Å². The fraction of sp³-hybridized carbons (Fsp3) is 0.636. The molecule has 0 bridgehead atoms. The van der Waals surface area contributed by atoms with Gasteiger partial charge < -0.3 is 18.9 Å². The van der Waals surface area contributed by atoms with Gasteiger partial charge in [0.25, 0.3) is 0 Å². The van der Waals surface area contributed by atoms with E-state index in [9.17, 15) is 0 Å². The fourth-order valence-corrected chi connectivity index (χ4v) is 1.57. The highest BCUT2D eigenvalue weighted by Gasteiger charge is 2.23. The van der Waals surface area contributed by atoms with Crippen LogP contribution in [0.1, 0.15) is 34.1 Å². The molecule has 0 radical (unpaired) electrons. The first kappa shape index (κ1) is 18.6. The van der Waals surface area contributed by atoms with Crippen molar-refractivity contribution in [2.24, 2.45) is 0 Å². The molecule has 0 heterocycles. The topological polar surface area (TPSA) is 36.9 Å². The van der Waals surface area contributed by atoms with Gasteiger partial charge >= 0.3 is 0 Å². The van der Waals surface area contributed by atoms with Gasteiger partial charge in [0.2, 0.25) is 12.6 Å². The lowest BCUT2D eigenvalue weighted by Crippen LogP contribution is -2.31. The van der Waals surface area contributed by atoms with Crippen molar-refractivity contribution in [3.63, 3.8) is 0 Å². The van der Waals surface area contributed by atoms with Crippen LogP contribution in [0, 0.1) is 0 Å². The summed E-state index contributed by atoms with van der Waals surface area (Å²) in [7, 11) is 0. The Balaban J connectivity index is 4.68. The van der Waals surface area contributed by atoms with Crippen LogP contribution in [-0.2, 0) is 18.9 Å². The van der Waals surface area contributed by atoms with Gasteiger partial charge in [-0.25, -0.2) is 0 Å². The van der Waals surface area contributed by atoms with Gasteiger partial charge in [-0.3, -0.25) is 0 Å². The molecule has 0 unspecified atom stereocenters. The van der Waals surface area contributed by atoms with Crippen LogP contribution in [0.3, 0.4) is 0 Å². The van der Waals surface area contributed by atoms with E-state index >= 15 is 0 Å². The summed E-state index contributed by atoms with van der Waals surface area (Å²) in [6, 6.07) is 0. The first-order valence-corrected chi connectivity index (χ1v) is 7.03. The van der Waals surface area contributed by atoms with E-state index in [0.717, 1.165) is 0 Å². The lowest BCUT2D eigenvalue weighted by atomic mass is 10.4. The Morgan fingerprint density at radius 1 is 0.632 bits per heavy atom. The highest BCUT2D eigenvalue weighted by atomic mass is 32.1. The third-order valence-electron chi connectivity index (χ3n) is 1.57. The summed E-state index contributed by atoms with van der Waals surface area (Å²) in [5.41, 5.74) is 0. The van der Waals surface area contributed by atoms with Gasteiger partial charge in [-0.15, -0.1) is 0 Å². The van der Waals surface area contributed by atoms with Crippen molar-refractivity contribution >= 4 is 69.1 Å². The van der Waals surface area contributed by atoms with Gasteiger partial charge in [0.15, 0.2) is 20.2 Å². The van der Waals surface area contributed by atoms with E-state index in [4.69, 9.17) is 67.8 Å². The van der Waals surface area contributed by atoms with Crippen LogP contribution in [0.5, 0.6) is 0 Å². The molecule has 0 saturated carbocycles. The Kier molecular flexibility index (Phi) is 9.24. The van der Waals surface area contributed by atoms with Crippen LogP contribution in [0.15, 0.2) is 0 Å². The van der Waals surface area contributed by atoms with Crippen LogP contribution >= 0.6 is 48.9 Å². The predicted octanol–water partition coefficient (Wildman–Crippen LogP) is 3.48. The fourth-order valence-electron chi connectivity index (χ4n) is 1.14. The Labute approximate surface area is 134 Å². The number of ether oxygens (including phenoxy) is 4. The number of hydrogen-bond acceptors (Lipinski definition) is 8. The average Bonchev–Trinajstić information content (AvgIpc) is 2.11. The molecular formula is C11H16O4S4. The molecule has 0 rings (SSSR count). The molecule has 0 aromatic heterocycles. The van der Waals surface area contributed by atoms with Crippen molar-refractivity contribution < 1.29 is 18.9 Å². The van der Waals surface area contributed by atoms with Crippen molar-refractivity contribution in [2.45, 2.75) is 46.7 Å². The molecule has 0 aliphatic rings. The van der Waals surface area contributed by atoms with E-state index in [-0.39, 0.29) is 6.42 Å². The molecule has 8 heteroatoms. The summed E-state index contributed by atoms with van der Waals surface area (Å²) in [6.45, 7) is 6.54. The first-order chi connectivity index (χ1) is 8.70. The van der Waals surface area contributed by atoms with Crippen molar-refractivity contribution in [2.75, 3.05) is 0 Å². The Bertz CT molecular complexity index is 304. The maximum Gasteiger partial charge on any atom is 0.249 e. The lowest BCUT2D eigenvalue weighted by Gasteiger charge is -2.24. The minimum absolute atomic E-state index is 0.226. The highest BCUT2D eigenvalue weighted by Crippen LogP contribution is 2.12. The van der Waals surface area contributed by atoms with Crippen molar-refractivity contribution in [3.05, 3.63) is 0 Å². The summed E-state index contributed by atoms with van der Waals surface area (Å²) in [6.07, 6.45) is -1.18. The second kappa shape index (κ2) is 9.46. The standard InChI is InChI=1S/C11H16O4S4/c1-6(16)12-10(13-7(2)17)5-11(14-8(3)18)15-9(4)19/h10-11H,5H2,1-4H3. The summed E-state index contributed by atoms with van der Waals surface area (Å²) < 4.78 is 21.3. The van der Waals surface area contributed by atoms with Crippen LogP contribution < -0.4 is 0 Å². The molecule has 0 atom stereocenters. The molecule has 0 aromatic rings. The Morgan fingerprint density at radius 2 is 0.842 bits per heavy atom. The van der Waals surface area contributed by atoms with Crippen LogP contribution in [-0.4, -0.2) is 32.8 Å². The van der Waals surface area contributed by atoms with Crippen LogP contribution in [0.25, 0.3) is 0 Å². The normalized spacial score (nSPS) is 10.0. The van der Waals surface area contributed by atoms with E-state index in [1.165, 1.54) is 0 Å². The van der Waals surface area contributed by atoms with E-state index in [1.54, 1.807) is 27.7 Å². The molecule has 19 heavy (non-hydrogen) atoms. The van der Waals surface area contributed by atoms with E-state index in [1.807, 2.05) is 0 Å². The monoisotopic (exact) mass is 340 g/mol. The van der Waals surface area contributed by atoms with Gasteiger partial charge in [0.1, 0.15) is 0 Å². The SMILES string of the molecule is CC(=S)OC(CC(OC(C)=S)OC(C)=S)OC(C)=S. The third-order valence-corrected chi connectivity index (χ3v) is 1.96. The number of rotatable bonds is 6. The molecule has 0 aliphatic carbocycles. The van der Waals surface area contributed by atoms with Crippen molar-refractivity contribution in [1.82, 2.24) is 0 Å². The molecule has 4 nitrogen and oxygen atoms in total. The Morgan fingerprint density at radius 3 is 1.00 bits per heavy atom. The molecule has 108 valence electrons. The minimum Gasteiger partial charge on any atom is -0.448 e. The molecule has 0 aromatic carbocycles. The second-order valence-corrected chi connectivity index (χ2v) is 5.83.